The number of benzene rings is 1. The molecular weight excluding hydrogens is 1410 g/mol. The van der Waals surface area contributed by atoms with Gasteiger partial charge in [0.25, 0.3) is 0 Å². The lowest BCUT2D eigenvalue weighted by Gasteiger charge is -2.41. The van der Waals surface area contributed by atoms with Crippen LogP contribution in [0.4, 0.5) is 0 Å². The molecule has 1 aromatic carbocycles. The number of esters is 5. The fourth-order valence-corrected chi connectivity index (χ4v) is 32.3. The van der Waals surface area contributed by atoms with E-state index in [1.54, 1.807) is 13.8 Å². The summed E-state index contributed by atoms with van der Waals surface area (Å²) in [6.45, 7) is 64.7. The molecule has 598 valence electrons. The maximum absolute atomic E-state index is 12.8. The van der Waals surface area contributed by atoms with Crippen LogP contribution in [-0.4, -0.2) is 114 Å². The average molecular weight is 1570 g/mol. The molecule has 7 saturated carbocycles. The van der Waals surface area contributed by atoms with Gasteiger partial charge in [0.05, 0.1) is 42.2 Å². The van der Waals surface area contributed by atoms with Gasteiger partial charge in [-0.3, -0.25) is 14.4 Å². The number of ether oxygens (including phenoxy) is 6. The van der Waals surface area contributed by atoms with Crippen molar-refractivity contribution in [1.29, 1.82) is 0 Å². The molecule has 10 aliphatic carbocycles. The molecule has 17 atom stereocenters. The highest BCUT2D eigenvalue weighted by molar-refractivity contribution is 6.78. The molecule has 0 aliphatic heterocycles. The van der Waals surface area contributed by atoms with Crippen molar-refractivity contribution in [2.45, 2.75) is 340 Å². The number of allylic oxidation sites excluding steroid dienone is 6. The van der Waals surface area contributed by atoms with E-state index < -0.39 is 48.4 Å². The first kappa shape index (κ1) is 91.0. The molecule has 0 amide bonds. The Labute approximate surface area is 652 Å². The van der Waals surface area contributed by atoms with Gasteiger partial charge in [0.2, 0.25) is 0 Å². The lowest BCUT2D eigenvalue weighted by atomic mass is 9.69. The molecule has 0 radical (unpaired) electrons. The second-order valence-electron chi connectivity index (χ2n) is 42.2. The molecular formula is C89H152O11Si6. The molecule has 1 aromatic rings. The smallest absolute Gasteiger partial charge is 0.333 e. The Morgan fingerprint density at radius 2 is 0.811 bits per heavy atom. The third-order valence-electron chi connectivity index (χ3n) is 23.3. The summed E-state index contributed by atoms with van der Waals surface area (Å²) >= 11 is 0. The van der Waals surface area contributed by atoms with E-state index in [1.807, 2.05) is 44.2 Å². The van der Waals surface area contributed by atoms with Gasteiger partial charge in [-0.1, -0.05) is 205 Å². The van der Waals surface area contributed by atoms with Crippen molar-refractivity contribution in [3.8, 4) is 5.75 Å². The largest absolute Gasteiger partial charge is 0.491 e. The van der Waals surface area contributed by atoms with Crippen LogP contribution in [0.5, 0.6) is 5.75 Å². The number of hydrogen-bond donors (Lipinski definition) is 0. The minimum Gasteiger partial charge on any atom is -0.491 e. The first-order chi connectivity index (χ1) is 48.9. The van der Waals surface area contributed by atoms with Crippen LogP contribution >= 0.6 is 0 Å². The molecule has 17 unspecified atom stereocenters. The number of carbonyl (C=O) groups is 5. The van der Waals surface area contributed by atoms with E-state index in [1.165, 1.54) is 70.3 Å². The summed E-state index contributed by atoms with van der Waals surface area (Å²) in [6.07, 6.45) is 36.2. The highest BCUT2D eigenvalue weighted by Gasteiger charge is 2.63. The van der Waals surface area contributed by atoms with E-state index >= 15 is 0 Å². The number of carbonyl (C=O) groups excluding carboxylic acids is 5. The van der Waals surface area contributed by atoms with Crippen LogP contribution in [0.15, 0.2) is 91.6 Å². The maximum Gasteiger partial charge on any atom is 0.333 e. The topological polar surface area (TPSA) is 141 Å². The Kier molecular flexibility index (Phi) is 33.1. The Morgan fingerprint density at radius 1 is 0.425 bits per heavy atom. The first-order valence-electron chi connectivity index (χ1n) is 41.8. The van der Waals surface area contributed by atoms with Gasteiger partial charge in [0.1, 0.15) is 17.0 Å². The van der Waals surface area contributed by atoms with Crippen LogP contribution < -0.4 is 4.74 Å². The molecule has 0 spiro atoms. The molecule has 11 rings (SSSR count). The molecule has 17 heteroatoms. The summed E-state index contributed by atoms with van der Waals surface area (Å²) < 4.78 is 34.6. The van der Waals surface area contributed by atoms with Crippen molar-refractivity contribution in [2.75, 3.05) is 0 Å². The molecule has 0 aromatic heterocycles. The molecule has 10 aliphatic rings. The van der Waals surface area contributed by atoms with Crippen molar-refractivity contribution in [3.05, 3.63) is 97.2 Å². The van der Waals surface area contributed by atoms with Gasteiger partial charge >= 0.3 is 29.8 Å². The number of fused-ring (bicyclic) bond motifs is 13. The third-order valence-corrected chi connectivity index (χ3v) is 33.9. The minimum atomic E-state index is -1.23. The summed E-state index contributed by atoms with van der Waals surface area (Å²) in [4.78, 5) is 60.5. The fraction of sp³-hybridized carbons (Fsp3) is 0.742. The molecule has 0 saturated heterocycles. The molecule has 8 bridgehead atoms. The van der Waals surface area contributed by atoms with Gasteiger partial charge in [-0.25, -0.2) is 9.59 Å². The lowest BCUT2D eigenvalue weighted by molar-refractivity contribution is -0.167. The van der Waals surface area contributed by atoms with Crippen LogP contribution in [0.2, 0.25) is 154 Å². The van der Waals surface area contributed by atoms with Crippen LogP contribution in [-0.2, 0) is 47.7 Å². The summed E-state index contributed by atoms with van der Waals surface area (Å²) in [6, 6.07) is 14.7. The highest BCUT2D eigenvalue weighted by atomic mass is 28.3. The van der Waals surface area contributed by atoms with E-state index in [0.29, 0.717) is 46.8 Å². The molecule has 0 N–H and O–H groups in total. The van der Waals surface area contributed by atoms with Crippen LogP contribution in [0.25, 0.3) is 6.08 Å². The van der Waals surface area contributed by atoms with Gasteiger partial charge < -0.3 is 28.4 Å². The second-order valence-corrected chi connectivity index (χ2v) is 75.3. The van der Waals surface area contributed by atoms with E-state index in [-0.39, 0.29) is 77.1 Å². The molecule has 106 heavy (non-hydrogen) atoms. The van der Waals surface area contributed by atoms with Gasteiger partial charge in [0, 0.05) is 59.6 Å². The molecule has 11 nitrogen and oxygen atoms in total. The minimum absolute atomic E-state index is 0.0240. The Bertz CT molecular complexity index is 3170. The van der Waals surface area contributed by atoms with Crippen molar-refractivity contribution in [1.82, 2.24) is 0 Å². The van der Waals surface area contributed by atoms with E-state index in [0.717, 1.165) is 116 Å². The zero-order valence-corrected chi connectivity index (χ0v) is 77.5. The monoisotopic (exact) mass is 1560 g/mol. The first-order valence-corrected chi connectivity index (χ1v) is 64.0. The van der Waals surface area contributed by atoms with Gasteiger partial charge in [0.15, 0.2) is 0 Å². The van der Waals surface area contributed by atoms with E-state index in [4.69, 9.17) is 28.4 Å². The quantitative estimate of drug-likeness (QED) is 0.0231. The molecule has 7 fully saturated rings. The highest BCUT2D eigenvalue weighted by Crippen LogP contribution is 2.67. The number of rotatable bonds is 25. The average Bonchev–Trinajstić information content (AvgIpc) is 1.55. The second kappa shape index (κ2) is 38.6. The van der Waals surface area contributed by atoms with E-state index in [2.05, 4.69) is 188 Å². The fourth-order valence-electron chi connectivity index (χ4n) is 20.3. The van der Waals surface area contributed by atoms with Crippen LogP contribution in [0.3, 0.4) is 0 Å². The van der Waals surface area contributed by atoms with Gasteiger partial charge in [-0.05, 0) is 251 Å². The summed E-state index contributed by atoms with van der Waals surface area (Å²) in [7, 11) is -6.91. The Morgan fingerprint density at radius 3 is 1.20 bits per heavy atom. The third kappa shape index (κ3) is 30.0. The van der Waals surface area contributed by atoms with Gasteiger partial charge in [-0.15, -0.1) is 0 Å². The SMILES string of the molecule is C=C(C)C(=O)OC(C)C[Si](C)(C)C.C=C(C)C(=O)OC1(C[Si](C)(C)C)CCCCC1.C=Cc1ccc(OC(C)C[Si](C)(C)C)cc1.CC(C[Si](C)(C)C)OC(=O)C1CC2C=CC1C2.CC(C[Si](C)(C)C)OC(=O)C1CC2CC1C1C3C=CC(C3)C21.C[Si](C)(C)CC1(OC(=O)C2CC3C=CC2C3)CCCCC1. The lowest BCUT2D eigenvalue weighted by Crippen LogP contribution is -2.45. The summed E-state index contributed by atoms with van der Waals surface area (Å²) in [5.41, 5.74) is 1.82. The van der Waals surface area contributed by atoms with E-state index in [9.17, 15) is 24.0 Å². The summed E-state index contributed by atoms with van der Waals surface area (Å²) in [5.74, 6) is 8.27. The predicted molar refractivity (Wildman–Crippen MR) is 461 cm³/mol. The Hall–Kier alpha value is -3.89. The Balaban J connectivity index is 0.000000201. The summed E-state index contributed by atoms with van der Waals surface area (Å²) in [5, 5.41) is 0. The van der Waals surface area contributed by atoms with Crippen molar-refractivity contribution < 1.29 is 52.4 Å². The van der Waals surface area contributed by atoms with Crippen LogP contribution in [0.1, 0.15) is 156 Å². The van der Waals surface area contributed by atoms with Crippen molar-refractivity contribution in [2.24, 2.45) is 76.9 Å². The van der Waals surface area contributed by atoms with Crippen molar-refractivity contribution >= 4 is 84.4 Å². The molecule has 0 heterocycles. The standard InChI is InChI=1S/C19H30O2Si.C18H30O2Si.C14H24O2Si.C14H26O2Si.C14H22OSi.C10H20O2Si/c1-11(10-22(2,3)4)21-19(20)16-9-14-8-15(16)18-13-6-5-12(7-13)17(14)18;1-21(2,3)13-18(9-5-4-6-10-18)20-17(19)16-12-14-7-8-15(16)11-14;1-10(9-17(2,3)4)16-14(15)13-8-11-5-6-12(13)7-11;1-12(2)13(15)16-14(11-17(3,4)5)9-7-6-8-10-14;1-6-13-7-9-14(10-8-13)15-12(2)11-16(3,4)5;1-8(2)10(11)12-9(3)7-13(4,5)6/h5-6,11-18H,7-10H2,1-4H3;7-8,14-16H,4-6,9-13H2,1-3H3;5-6,10-13H,7-9H2,1-4H3;1,6-11H2,2-5H3;6-10,12H,1,11H2,2-5H3;9H,1,7H2,2-6H3. The van der Waals surface area contributed by atoms with Crippen molar-refractivity contribution in [3.63, 3.8) is 0 Å². The number of hydrogen-bond acceptors (Lipinski definition) is 11. The zero-order valence-electron chi connectivity index (χ0n) is 71.5. The van der Waals surface area contributed by atoms with Gasteiger partial charge in [-0.2, -0.15) is 0 Å². The zero-order chi connectivity index (χ0) is 79.3. The maximum atomic E-state index is 12.8. The predicted octanol–water partition coefficient (Wildman–Crippen LogP) is 24.0. The van der Waals surface area contributed by atoms with Crippen LogP contribution in [0, 0.1) is 76.9 Å². The normalized spacial score (nSPS) is 28.4.